The summed E-state index contributed by atoms with van der Waals surface area (Å²) < 4.78 is 19.2. The topological polar surface area (TPSA) is 61.9 Å². The van der Waals surface area contributed by atoms with Crippen LogP contribution in [0, 0.1) is 5.82 Å². The second kappa shape index (κ2) is 9.90. The highest BCUT2D eigenvalue weighted by Gasteiger charge is 2.36. The Hall–Kier alpha value is -2.61. The number of rotatable bonds is 6. The molecule has 1 aliphatic heterocycles. The summed E-state index contributed by atoms with van der Waals surface area (Å²) in [6.07, 6.45) is 0.777. The van der Waals surface area contributed by atoms with Gasteiger partial charge in [-0.2, -0.15) is 0 Å². The second-order valence-electron chi connectivity index (χ2n) is 9.28. The molecule has 0 saturated heterocycles. The van der Waals surface area contributed by atoms with Gasteiger partial charge in [0.25, 0.3) is 0 Å². The van der Waals surface area contributed by atoms with E-state index in [1.54, 1.807) is 33.3 Å². The summed E-state index contributed by atoms with van der Waals surface area (Å²) in [5.41, 5.74) is 0.559. The van der Waals surface area contributed by atoms with Crippen LogP contribution in [0.3, 0.4) is 0 Å². The Morgan fingerprint density at radius 2 is 1.94 bits per heavy atom. The first-order valence-corrected chi connectivity index (χ1v) is 11.8. The number of hydrogen-bond donors (Lipinski definition) is 1. The summed E-state index contributed by atoms with van der Waals surface area (Å²) in [5.74, 6) is 0.103. The van der Waals surface area contributed by atoms with Crippen molar-refractivity contribution in [3.8, 4) is 5.75 Å². The lowest BCUT2D eigenvalue weighted by Gasteiger charge is -2.40. The van der Waals surface area contributed by atoms with Crippen molar-refractivity contribution < 1.29 is 18.7 Å². The number of hydrogen-bond acceptors (Lipinski definition) is 4. The summed E-state index contributed by atoms with van der Waals surface area (Å²) in [6.45, 7) is 10.3. The fourth-order valence-electron chi connectivity index (χ4n) is 3.75. The molecule has 3 rings (SSSR count). The molecule has 1 aromatic heterocycles. The van der Waals surface area contributed by atoms with E-state index in [-0.39, 0.29) is 43.0 Å². The smallest absolute Gasteiger partial charge is 0.318 e. The van der Waals surface area contributed by atoms with Crippen molar-refractivity contribution in [1.29, 1.82) is 0 Å². The number of ether oxygens (including phenoxy) is 1. The third kappa shape index (κ3) is 5.79. The van der Waals surface area contributed by atoms with Crippen LogP contribution in [0.25, 0.3) is 0 Å². The normalized spacial score (nSPS) is 16.0. The van der Waals surface area contributed by atoms with Gasteiger partial charge in [0.15, 0.2) is 0 Å². The Bertz CT molecular complexity index is 937. The Morgan fingerprint density at radius 3 is 2.56 bits per heavy atom. The Balaban J connectivity index is 1.79. The molecule has 0 spiro atoms. The number of thiophene rings is 1. The maximum absolute atomic E-state index is 13.4. The van der Waals surface area contributed by atoms with Gasteiger partial charge in [-0.3, -0.25) is 4.79 Å². The SMILES string of the molecule is CC(C)NC(=O)N(CC(=O)N1CCc2sccc2[C@H]1COc1ccc(F)cc1)C(C)(C)C. The monoisotopic (exact) mass is 461 g/mol. The van der Waals surface area contributed by atoms with Crippen molar-refractivity contribution in [2.24, 2.45) is 0 Å². The molecule has 32 heavy (non-hydrogen) atoms. The number of carbonyl (C=O) groups is 2. The van der Waals surface area contributed by atoms with Crippen molar-refractivity contribution in [2.45, 2.75) is 58.7 Å². The fraction of sp³-hybridized carbons (Fsp3) is 0.500. The minimum Gasteiger partial charge on any atom is -0.491 e. The maximum atomic E-state index is 13.4. The number of nitrogens with zero attached hydrogens (tertiary/aromatic N) is 2. The summed E-state index contributed by atoms with van der Waals surface area (Å²) >= 11 is 1.68. The van der Waals surface area contributed by atoms with Crippen LogP contribution in [0.15, 0.2) is 35.7 Å². The highest BCUT2D eigenvalue weighted by molar-refractivity contribution is 7.10. The van der Waals surface area contributed by atoms with Crippen molar-refractivity contribution in [3.63, 3.8) is 0 Å². The molecule has 0 radical (unpaired) electrons. The molecule has 174 valence electrons. The van der Waals surface area contributed by atoms with Crippen molar-refractivity contribution in [3.05, 3.63) is 52.0 Å². The number of halogens is 1. The Morgan fingerprint density at radius 1 is 1.25 bits per heavy atom. The third-order valence-electron chi connectivity index (χ3n) is 5.40. The lowest BCUT2D eigenvalue weighted by Crippen LogP contribution is -2.56. The van der Waals surface area contributed by atoms with Crippen molar-refractivity contribution in [1.82, 2.24) is 15.1 Å². The summed E-state index contributed by atoms with van der Waals surface area (Å²) in [6, 6.07) is 7.35. The van der Waals surface area contributed by atoms with Gasteiger partial charge in [0.2, 0.25) is 5.91 Å². The molecule has 2 heterocycles. The van der Waals surface area contributed by atoms with E-state index >= 15 is 0 Å². The van der Waals surface area contributed by atoms with Gasteiger partial charge in [-0.05, 0) is 82.3 Å². The van der Waals surface area contributed by atoms with Gasteiger partial charge in [0.05, 0.1) is 6.04 Å². The molecule has 6 nitrogen and oxygen atoms in total. The molecule has 0 fully saturated rings. The zero-order chi connectivity index (χ0) is 23.5. The number of fused-ring (bicyclic) bond motifs is 1. The van der Waals surface area contributed by atoms with Gasteiger partial charge < -0.3 is 19.9 Å². The first-order valence-electron chi connectivity index (χ1n) is 10.9. The van der Waals surface area contributed by atoms with E-state index in [1.807, 2.05) is 46.1 Å². The van der Waals surface area contributed by atoms with Gasteiger partial charge in [-0.25, -0.2) is 9.18 Å². The van der Waals surface area contributed by atoms with E-state index in [1.165, 1.54) is 17.0 Å². The first-order chi connectivity index (χ1) is 15.1. The first kappa shape index (κ1) is 24.0. The minimum atomic E-state index is -0.516. The molecule has 1 N–H and O–H groups in total. The number of amides is 3. The highest BCUT2D eigenvalue weighted by atomic mass is 32.1. The van der Waals surface area contributed by atoms with Crippen LogP contribution in [-0.4, -0.2) is 53.0 Å². The molecular weight excluding hydrogens is 429 g/mol. The van der Waals surface area contributed by atoms with E-state index in [2.05, 4.69) is 5.32 Å². The van der Waals surface area contributed by atoms with Gasteiger partial charge >= 0.3 is 6.03 Å². The molecule has 1 aliphatic rings. The van der Waals surface area contributed by atoms with Crippen LogP contribution in [0.5, 0.6) is 5.75 Å². The summed E-state index contributed by atoms with van der Waals surface area (Å²) in [7, 11) is 0. The van der Waals surface area contributed by atoms with Gasteiger partial charge in [-0.15, -0.1) is 11.3 Å². The van der Waals surface area contributed by atoms with E-state index in [4.69, 9.17) is 4.74 Å². The molecule has 0 aliphatic carbocycles. The van der Waals surface area contributed by atoms with Crippen LogP contribution in [0.2, 0.25) is 0 Å². The van der Waals surface area contributed by atoms with E-state index in [0.29, 0.717) is 12.3 Å². The zero-order valence-electron chi connectivity index (χ0n) is 19.4. The summed E-state index contributed by atoms with van der Waals surface area (Å²) in [4.78, 5) is 30.9. The Kier molecular flexibility index (Phi) is 7.44. The number of benzene rings is 1. The van der Waals surface area contributed by atoms with E-state index in [0.717, 1.165) is 12.0 Å². The van der Waals surface area contributed by atoms with Crippen LogP contribution in [-0.2, 0) is 11.2 Å². The number of carbonyl (C=O) groups excluding carboxylic acids is 2. The van der Waals surface area contributed by atoms with E-state index in [9.17, 15) is 14.0 Å². The molecule has 1 atom stereocenters. The lowest BCUT2D eigenvalue weighted by molar-refractivity contribution is -0.136. The number of urea groups is 1. The molecule has 0 unspecified atom stereocenters. The molecule has 0 bridgehead atoms. The average Bonchev–Trinajstić information content (AvgIpc) is 3.18. The second-order valence-corrected chi connectivity index (χ2v) is 10.3. The molecule has 0 saturated carbocycles. The minimum absolute atomic E-state index is 0.0193. The largest absolute Gasteiger partial charge is 0.491 e. The quantitative estimate of drug-likeness (QED) is 0.683. The maximum Gasteiger partial charge on any atom is 0.318 e. The molecule has 8 heteroatoms. The highest BCUT2D eigenvalue weighted by Crippen LogP contribution is 2.34. The van der Waals surface area contributed by atoms with Crippen LogP contribution >= 0.6 is 11.3 Å². The summed E-state index contributed by atoms with van der Waals surface area (Å²) in [5, 5.41) is 4.92. The van der Waals surface area contributed by atoms with Crippen molar-refractivity contribution >= 4 is 23.3 Å². The molecule has 3 amide bonds. The number of nitrogens with one attached hydrogen (secondary N) is 1. The predicted molar refractivity (Wildman–Crippen MR) is 124 cm³/mol. The van der Waals surface area contributed by atoms with Gasteiger partial charge in [0, 0.05) is 23.0 Å². The standard InChI is InChI=1S/C24H32FN3O3S/c1-16(2)26-23(30)28(24(3,4)5)14-22(29)27-12-10-21-19(11-13-32-21)20(27)15-31-18-8-6-17(25)7-9-18/h6-9,11,13,16,20H,10,12,14-15H2,1-5H3,(H,26,30)/t20-/m1/s1. The zero-order valence-corrected chi connectivity index (χ0v) is 20.2. The third-order valence-corrected chi connectivity index (χ3v) is 6.39. The average molecular weight is 462 g/mol. The molecule has 1 aromatic carbocycles. The van der Waals surface area contributed by atoms with Crippen molar-refractivity contribution in [2.75, 3.05) is 19.7 Å². The van der Waals surface area contributed by atoms with Gasteiger partial charge in [-0.1, -0.05) is 0 Å². The fourth-order valence-corrected chi connectivity index (χ4v) is 4.67. The molecular formula is C24H32FN3O3S. The Labute approximate surface area is 193 Å². The van der Waals surface area contributed by atoms with Crippen LogP contribution in [0.4, 0.5) is 9.18 Å². The van der Waals surface area contributed by atoms with Gasteiger partial charge in [0.1, 0.15) is 24.7 Å². The van der Waals surface area contributed by atoms with Crippen LogP contribution in [0.1, 0.15) is 51.1 Å². The van der Waals surface area contributed by atoms with Crippen LogP contribution < -0.4 is 10.1 Å². The van der Waals surface area contributed by atoms with E-state index < -0.39 is 5.54 Å². The molecule has 2 aromatic rings. The lowest BCUT2D eigenvalue weighted by atomic mass is 10.00. The predicted octanol–water partition coefficient (Wildman–Crippen LogP) is 4.61.